The number of nitrogens with zero attached hydrogens (tertiary/aromatic N) is 1. The van der Waals surface area contributed by atoms with Crippen molar-refractivity contribution in [2.24, 2.45) is 0 Å². The Kier molecular flexibility index (Phi) is 4.25. The summed E-state index contributed by atoms with van der Waals surface area (Å²) >= 11 is 0. The zero-order valence-corrected chi connectivity index (χ0v) is 12.5. The molecule has 1 aromatic rings. The molecule has 3 nitrogen and oxygen atoms in total. The predicted octanol–water partition coefficient (Wildman–Crippen LogP) is 3.52. The number of rotatable bonds is 6. The molecule has 104 valence electrons. The summed E-state index contributed by atoms with van der Waals surface area (Å²) in [5.41, 5.74) is 0.616. The second-order valence-electron chi connectivity index (χ2n) is 4.73. The lowest BCUT2D eigenvalue weighted by Gasteiger charge is -2.43. The van der Waals surface area contributed by atoms with E-state index in [4.69, 9.17) is 4.43 Å². The van der Waals surface area contributed by atoms with E-state index in [1.165, 1.54) is 0 Å². The molecule has 0 atom stereocenters. The minimum absolute atomic E-state index is 0.0158. The third kappa shape index (κ3) is 2.34. The van der Waals surface area contributed by atoms with E-state index in [0.29, 0.717) is 29.9 Å². The number of para-hydroxylation sites is 1. The molecule has 0 radical (unpaired) electrons. The Morgan fingerprint density at radius 1 is 1.10 bits per heavy atom. The van der Waals surface area contributed by atoms with E-state index in [1.54, 1.807) is 12.1 Å². The van der Waals surface area contributed by atoms with E-state index >= 15 is 0 Å². The highest BCUT2D eigenvalue weighted by molar-refractivity contribution is 6.75. The van der Waals surface area contributed by atoms with Gasteiger partial charge in [-0.25, -0.2) is 0 Å². The van der Waals surface area contributed by atoms with Crippen molar-refractivity contribution in [3.63, 3.8) is 0 Å². The summed E-state index contributed by atoms with van der Waals surface area (Å²) in [5, 5.41) is 0. The van der Waals surface area contributed by atoms with Gasteiger partial charge in [-0.2, -0.15) is 0 Å². The Labute approximate surface area is 121 Å². The van der Waals surface area contributed by atoms with Crippen LogP contribution in [0.15, 0.2) is 62.2 Å². The van der Waals surface area contributed by atoms with Gasteiger partial charge in [0.1, 0.15) is 5.75 Å². The molecule has 0 aliphatic carbocycles. The third-order valence-corrected chi connectivity index (χ3v) is 7.22. The monoisotopic (exact) mass is 285 g/mol. The van der Waals surface area contributed by atoms with Crippen LogP contribution >= 0.6 is 0 Å². The standard InChI is InChI=1S/C16H19NO2Si/c1-4-11-17-16(18)14-9-7-8-10-15(14)19-20(17,12-5-2)13-6-3/h4-10H,1-3,11-13H2. The SMILES string of the molecule is C=CCN1C(=O)c2ccccc2O[Si]1(CC=C)CC=C. The van der Waals surface area contributed by atoms with E-state index in [-0.39, 0.29) is 5.91 Å². The molecule has 2 rings (SSSR count). The lowest BCUT2D eigenvalue weighted by atomic mass is 10.2. The summed E-state index contributed by atoms with van der Waals surface area (Å²) in [5.74, 6) is 0.690. The zero-order chi connectivity index (χ0) is 14.6. The molecule has 1 aliphatic rings. The van der Waals surface area contributed by atoms with Crippen molar-refractivity contribution in [1.82, 2.24) is 4.57 Å². The zero-order valence-electron chi connectivity index (χ0n) is 11.5. The maximum Gasteiger partial charge on any atom is 0.370 e. The summed E-state index contributed by atoms with van der Waals surface area (Å²) < 4.78 is 8.13. The van der Waals surface area contributed by atoms with Gasteiger partial charge in [0.2, 0.25) is 0 Å². The molecule has 1 aliphatic heterocycles. The fraction of sp³-hybridized carbons (Fsp3) is 0.188. The Hall–Kier alpha value is -2.07. The van der Waals surface area contributed by atoms with Crippen molar-refractivity contribution in [1.29, 1.82) is 0 Å². The van der Waals surface area contributed by atoms with Gasteiger partial charge in [-0.3, -0.25) is 4.79 Å². The minimum Gasteiger partial charge on any atom is -0.523 e. The van der Waals surface area contributed by atoms with Gasteiger partial charge in [0.15, 0.2) is 0 Å². The average Bonchev–Trinajstić information content (AvgIpc) is 2.44. The predicted molar refractivity (Wildman–Crippen MR) is 84.1 cm³/mol. The number of allylic oxidation sites excluding steroid dienone is 2. The van der Waals surface area contributed by atoms with Crippen LogP contribution in [0.4, 0.5) is 0 Å². The number of carbonyl (C=O) groups excluding carboxylic acids is 1. The number of amides is 1. The topological polar surface area (TPSA) is 29.5 Å². The molecule has 20 heavy (non-hydrogen) atoms. The minimum atomic E-state index is -2.47. The second kappa shape index (κ2) is 5.92. The Morgan fingerprint density at radius 2 is 1.75 bits per heavy atom. The Balaban J connectivity index is 2.54. The average molecular weight is 285 g/mol. The molecule has 1 aromatic carbocycles. The van der Waals surface area contributed by atoms with Crippen LogP contribution in [0.1, 0.15) is 10.4 Å². The van der Waals surface area contributed by atoms with Gasteiger partial charge in [0, 0.05) is 18.6 Å². The molecule has 0 unspecified atom stereocenters. The van der Waals surface area contributed by atoms with E-state index in [9.17, 15) is 4.79 Å². The smallest absolute Gasteiger partial charge is 0.370 e. The van der Waals surface area contributed by atoms with E-state index in [0.717, 1.165) is 0 Å². The van der Waals surface area contributed by atoms with Crippen molar-refractivity contribution in [2.75, 3.05) is 6.54 Å². The quantitative estimate of drug-likeness (QED) is 0.591. The molecular formula is C16H19NO2Si. The Bertz CT molecular complexity index is 543. The van der Waals surface area contributed by atoms with Crippen molar-refractivity contribution >= 4 is 14.4 Å². The van der Waals surface area contributed by atoms with Gasteiger partial charge in [0.25, 0.3) is 5.91 Å². The number of hydrogen-bond acceptors (Lipinski definition) is 2. The summed E-state index contributed by atoms with van der Waals surface area (Å²) in [6.07, 6.45) is 5.39. The molecule has 4 heteroatoms. The number of carbonyl (C=O) groups is 1. The largest absolute Gasteiger partial charge is 0.523 e. The highest BCUT2D eigenvalue weighted by Crippen LogP contribution is 2.35. The van der Waals surface area contributed by atoms with Crippen LogP contribution < -0.4 is 4.43 Å². The van der Waals surface area contributed by atoms with Crippen molar-refractivity contribution in [2.45, 2.75) is 12.1 Å². The first kappa shape index (κ1) is 14.3. The van der Waals surface area contributed by atoms with E-state index < -0.39 is 8.48 Å². The maximum absolute atomic E-state index is 12.7. The summed E-state index contributed by atoms with van der Waals surface area (Å²) in [6, 6.07) is 8.73. The lowest BCUT2D eigenvalue weighted by Crippen LogP contribution is -2.62. The molecule has 0 N–H and O–H groups in total. The van der Waals surface area contributed by atoms with Gasteiger partial charge < -0.3 is 8.99 Å². The van der Waals surface area contributed by atoms with E-state index in [2.05, 4.69) is 19.7 Å². The third-order valence-electron chi connectivity index (χ3n) is 3.39. The van der Waals surface area contributed by atoms with Crippen LogP contribution in [0, 0.1) is 0 Å². The summed E-state index contributed by atoms with van der Waals surface area (Å²) in [7, 11) is -2.47. The molecule has 1 amide bonds. The van der Waals surface area contributed by atoms with Crippen molar-refractivity contribution in [3.8, 4) is 5.75 Å². The second-order valence-corrected chi connectivity index (χ2v) is 8.19. The van der Waals surface area contributed by atoms with Crippen LogP contribution in [0.25, 0.3) is 0 Å². The molecule has 0 aromatic heterocycles. The van der Waals surface area contributed by atoms with Gasteiger partial charge in [0.05, 0.1) is 5.56 Å². The molecule has 0 fully saturated rings. The van der Waals surface area contributed by atoms with Crippen LogP contribution in [-0.2, 0) is 0 Å². The summed E-state index contributed by atoms with van der Waals surface area (Å²) in [4.78, 5) is 12.7. The highest BCUT2D eigenvalue weighted by atomic mass is 28.4. The highest BCUT2D eigenvalue weighted by Gasteiger charge is 2.48. The van der Waals surface area contributed by atoms with Crippen LogP contribution in [0.5, 0.6) is 5.75 Å². The molecule has 0 spiro atoms. The van der Waals surface area contributed by atoms with Gasteiger partial charge >= 0.3 is 8.48 Å². The van der Waals surface area contributed by atoms with Crippen LogP contribution in [-0.4, -0.2) is 25.5 Å². The number of hydrogen-bond donors (Lipinski definition) is 0. The normalized spacial score (nSPS) is 16.0. The number of fused-ring (bicyclic) bond motifs is 1. The van der Waals surface area contributed by atoms with Crippen molar-refractivity contribution in [3.05, 3.63) is 67.8 Å². The first-order chi connectivity index (χ1) is 9.68. The number of benzene rings is 1. The van der Waals surface area contributed by atoms with Gasteiger partial charge in [-0.05, 0) is 12.1 Å². The fourth-order valence-electron chi connectivity index (χ4n) is 2.54. The molecule has 1 heterocycles. The van der Waals surface area contributed by atoms with Gasteiger partial charge in [-0.1, -0.05) is 30.4 Å². The van der Waals surface area contributed by atoms with E-state index in [1.807, 2.05) is 34.9 Å². The molecule has 0 saturated heterocycles. The first-order valence-electron chi connectivity index (χ1n) is 6.61. The van der Waals surface area contributed by atoms with Crippen molar-refractivity contribution < 1.29 is 9.22 Å². The van der Waals surface area contributed by atoms with Gasteiger partial charge in [-0.15, -0.1) is 19.7 Å². The van der Waals surface area contributed by atoms with Crippen LogP contribution in [0.3, 0.4) is 0 Å². The summed E-state index contributed by atoms with van der Waals surface area (Å²) in [6.45, 7) is 11.9. The fourth-order valence-corrected chi connectivity index (χ4v) is 5.87. The molecular weight excluding hydrogens is 266 g/mol. The molecule has 0 saturated carbocycles. The van der Waals surface area contributed by atoms with Crippen LogP contribution in [0.2, 0.25) is 12.1 Å². The maximum atomic E-state index is 12.7. The lowest BCUT2D eigenvalue weighted by molar-refractivity contribution is 0.0824. The Morgan fingerprint density at radius 3 is 2.35 bits per heavy atom. The first-order valence-corrected chi connectivity index (χ1v) is 8.88. The molecule has 0 bridgehead atoms.